The van der Waals surface area contributed by atoms with Crippen molar-refractivity contribution < 1.29 is 9.53 Å². The molecule has 2 aromatic carbocycles. The standard InChI is InChI=1S/C18H15Cl2N3O2/c1-23-10-12(14-4-2-3-5-16(14)23)9-21-22-18(24)11-25-17-8-13(19)6-7-15(17)20/h2-10H,11H2,1H3,(H,22,24). The first-order valence-corrected chi connectivity index (χ1v) is 8.24. The van der Waals surface area contributed by atoms with Crippen molar-refractivity contribution in [2.45, 2.75) is 0 Å². The molecule has 0 spiro atoms. The minimum Gasteiger partial charge on any atom is -0.482 e. The fourth-order valence-corrected chi connectivity index (χ4v) is 2.75. The van der Waals surface area contributed by atoms with Crippen LogP contribution in [0.5, 0.6) is 5.75 Å². The number of amides is 1. The number of nitrogens with one attached hydrogen (secondary N) is 1. The molecule has 0 saturated carbocycles. The number of ether oxygens (including phenoxy) is 1. The number of halogens is 2. The maximum Gasteiger partial charge on any atom is 0.277 e. The van der Waals surface area contributed by atoms with Crippen LogP contribution in [0.4, 0.5) is 0 Å². The van der Waals surface area contributed by atoms with Crippen molar-refractivity contribution in [3.8, 4) is 5.75 Å². The van der Waals surface area contributed by atoms with E-state index in [1.54, 1.807) is 24.4 Å². The van der Waals surface area contributed by atoms with Crippen LogP contribution in [-0.4, -0.2) is 23.3 Å². The van der Waals surface area contributed by atoms with Gasteiger partial charge >= 0.3 is 0 Å². The molecule has 0 aliphatic rings. The van der Waals surface area contributed by atoms with Gasteiger partial charge in [0.15, 0.2) is 6.61 Å². The minimum absolute atomic E-state index is 0.215. The average molecular weight is 376 g/mol. The number of para-hydroxylation sites is 1. The maximum absolute atomic E-state index is 11.8. The molecule has 1 N–H and O–H groups in total. The molecular weight excluding hydrogens is 361 g/mol. The molecule has 1 aromatic heterocycles. The van der Waals surface area contributed by atoms with Gasteiger partial charge in [-0.15, -0.1) is 0 Å². The molecule has 0 bridgehead atoms. The zero-order chi connectivity index (χ0) is 17.8. The normalized spacial score (nSPS) is 11.2. The molecule has 0 radical (unpaired) electrons. The summed E-state index contributed by atoms with van der Waals surface area (Å²) in [5, 5.41) is 5.91. The summed E-state index contributed by atoms with van der Waals surface area (Å²) >= 11 is 11.8. The van der Waals surface area contributed by atoms with Gasteiger partial charge in [-0.2, -0.15) is 5.10 Å². The summed E-state index contributed by atoms with van der Waals surface area (Å²) in [6, 6.07) is 12.8. The first-order valence-electron chi connectivity index (χ1n) is 7.48. The van der Waals surface area contributed by atoms with Gasteiger partial charge in [0.05, 0.1) is 11.2 Å². The number of carbonyl (C=O) groups excluding carboxylic acids is 1. The molecular formula is C18H15Cl2N3O2. The van der Waals surface area contributed by atoms with E-state index >= 15 is 0 Å². The summed E-state index contributed by atoms with van der Waals surface area (Å²) in [5.74, 6) is -0.0464. The number of fused-ring (bicyclic) bond motifs is 1. The molecule has 3 rings (SSSR count). The number of aryl methyl sites for hydroxylation is 1. The summed E-state index contributed by atoms with van der Waals surface area (Å²) in [5.41, 5.74) is 4.44. The summed E-state index contributed by atoms with van der Waals surface area (Å²) in [7, 11) is 1.96. The van der Waals surface area contributed by atoms with Crippen molar-refractivity contribution in [1.29, 1.82) is 0 Å². The predicted octanol–water partition coefficient (Wildman–Crippen LogP) is 4.01. The average Bonchev–Trinajstić information content (AvgIpc) is 2.92. The molecule has 25 heavy (non-hydrogen) atoms. The second kappa shape index (κ2) is 7.59. The van der Waals surface area contributed by atoms with E-state index in [2.05, 4.69) is 10.5 Å². The Morgan fingerprint density at radius 1 is 1.28 bits per heavy atom. The molecule has 1 amide bonds. The summed E-state index contributed by atoms with van der Waals surface area (Å²) in [4.78, 5) is 11.8. The molecule has 5 nitrogen and oxygen atoms in total. The fourth-order valence-electron chi connectivity index (χ4n) is 2.41. The Labute approximate surface area is 154 Å². The van der Waals surface area contributed by atoms with Crippen LogP contribution in [0, 0.1) is 0 Å². The van der Waals surface area contributed by atoms with Crippen molar-refractivity contribution in [1.82, 2.24) is 9.99 Å². The van der Waals surface area contributed by atoms with Gasteiger partial charge in [-0.3, -0.25) is 4.79 Å². The van der Waals surface area contributed by atoms with Gasteiger partial charge in [0.25, 0.3) is 5.91 Å². The first-order chi connectivity index (χ1) is 12.0. The largest absolute Gasteiger partial charge is 0.482 e. The van der Waals surface area contributed by atoms with Gasteiger partial charge in [0.2, 0.25) is 0 Å². The van der Waals surface area contributed by atoms with E-state index in [1.165, 1.54) is 0 Å². The van der Waals surface area contributed by atoms with Gasteiger partial charge in [-0.1, -0.05) is 41.4 Å². The minimum atomic E-state index is -0.396. The Hall–Kier alpha value is -2.50. The lowest BCUT2D eigenvalue weighted by molar-refractivity contribution is -0.123. The Kier molecular flexibility index (Phi) is 5.26. The number of nitrogens with zero attached hydrogens (tertiary/aromatic N) is 2. The highest BCUT2D eigenvalue weighted by Gasteiger charge is 2.07. The van der Waals surface area contributed by atoms with E-state index in [-0.39, 0.29) is 6.61 Å². The monoisotopic (exact) mass is 375 g/mol. The van der Waals surface area contributed by atoms with Crippen LogP contribution >= 0.6 is 23.2 Å². The van der Waals surface area contributed by atoms with E-state index in [9.17, 15) is 4.79 Å². The van der Waals surface area contributed by atoms with Crippen molar-refractivity contribution in [3.63, 3.8) is 0 Å². The van der Waals surface area contributed by atoms with E-state index < -0.39 is 5.91 Å². The van der Waals surface area contributed by atoms with Crippen LogP contribution in [0.3, 0.4) is 0 Å². The smallest absolute Gasteiger partial charge is 0.277 e. The lowest BCUT2D eigenvalue weighted by Gasteiger charge is -2.07. The molecule has 7 heteroatoms. The predicted molar refractivity (Wildman–Crippen MR) is 101 cm³/mol. The summed E-state index contributed by atoms with van der Waals surface area (Å²) < 4.78 is 7.35. The zero-order valence-corrected chi connectivity index (χ0v) is 14.9. The van der Waals surface area contributed by atoms with Crippen LogP contribution in [0.15, 0.2) is 53.8 Å². The molecule has 1 heterocycles. The zero-order valence-electron chi connectivity index (χ0n) is 13.4. The highest BCUT2D eigenvalue weighted by Crippen LogP contribution is 2.27. The van der Waals surface area contributed by atoms with E-state index in [0.717, 1.165) is 16.5 Å². The molecule has 3 aromatic rings. The van der Waals surface area contributed by atoms with Gasteiger partial charge in [0, 0.05) is 40.8 Å². The lowest BCUT2D eigenvalue weighted by atomic mass is 10.2. The van der Waals surface area contributed by atoms with Crippen molar-refractivity contribution >= 4 is 46.2 Å². The van der Waals surface area contributed by atoms with Crippen LogP contribution in [0.1, 0.15) is 5.56 Å². The second-order valence-electron chi connectivity index (χ2n) is 5.37. The highest BCUT2D eigenvalue weighted by molar-refractivity contribution is 6.34. The van der Waals surface area contributed by atoms with Gasteiger partial charge in [0.1, 0.15) is 5.75 Å². The fraction of sp³-hybridized carbons (Fsp3) is 0.111. The summed E-state index contributed by atoms with van der Waals surface area (Å²) in [6.07, 6.45) is 3.55. The first kappa shape index (κ1) is 17.3. The molecule has 0 atom stereocenters. The van der Waals surface area contributed by atoms with E-state index in [1.807, 2.05) is 42.1 Å². The van der Waals surface area contributed by atoms with Gasteiger partial charge < -0.3 is 9.30 Å². The van der Waals surface area contributed by atoms with Crippen LogP contribution < -0.4 is 10.2 Å². The van der Waals surface area contributed by atoms with E-state index in [4.69, 9.17) is 27.9 Å². The third-order valence-corrected chi connectivity index (χ3v) is 4.12. The highest BCUT2D eigenvalue weighted by atomic mass is 35.5. The topological polar surface area (TPSA) is 55.6 Å². The number of hydrazone groups is 1. The summed E-state index contributed by atoms with van der Waals surface area (Å²) in [6.45, 7) is -0.215. The number of hydrogen-bond donors (Lipinski definition) is 1. The molecule has 0 saturated heterocycles. The van der Waals surface area contributed by atoms with Crippen LogP contribution in [0.2, 0.25) is 10.0 Å². The molecule has 0 aliphatic carbocycles. The Morgan fingerprint density at radius 2 is 2.08 bits per heavy atom. The van der Waals surface area contributed by atoms with Crippen molar-refractivity contribution in [2.24, 2.45) is 12.1 Å². The Bertz CT molecular complexity index is 951. The maximum atomic E-state index is 11.8. The number of hydrogen-bond acceptors (Lipinski definition) is 3. The number of aromatic nitrogens is 1. The molecule has 0 fully saturated rings. The van der Waals surface area contributed by atoms with Gasteiger partial charge in [-0.25, -0.2) is 5.43 Å². The van der Waals surface area contributed by atoms with Crippen molar-refractivity contribution in [3.05, 3.63) is 64.3 Å². The third kappa shape index (κ3) is 4.13. The quantitative estimate of drug-likeness (QED) is 0.540. The van der Waals surface area contributed by atoms with E-state index in [0.29, 0.717) is 15.8 Å². The van der Waals surface area contributed by atoms with Crippen LogP contribution in [0.25, 0.3) is 10.9 Å². The lowest BCUT2D eigenvalue weighted by Crippen LogP contribution is -2.24. The molecule has 128 valence electrons. The van der Waals surface area contributed by atoms with Gasteiger partial charge in [-0.05, 0) is 18.2 Å². The Morgan fingerprint density at radius 3 is 2.92 bits per heavy atom. The van der Waals surface area contributed by atoms with Crippen LogP contribution in [-0.2, 0) is 11.8 Å². The molecule has 0 unspecified atom stereocenters. The SMILES string of the molecule is Cn1cc(C=NNC(=O)COc2cc(Cl)ccc2Cl)c2ccccc21. The Balaban J connectivity index is 1.60. The number of rotatable bonds is 5. The molecule has 0 aliphatic heterocycles. The second-order valence-corrected chi connectivity index (χ2v) is 6.21. The number of benzene rings is 2. The number of carbonyl (C=O) groups is 1. The van der Waals surface area contributed by atoms with Crippen molar-refractivity contribution in [2.75, 3.05) is 6.61 Å². The third-order valence-electron chi connectivity index (χ3n) is 3.57.